The largest absolute Gasteiger partial charge is 0.443 e. The van der Waals surface area contributed by atoms with Gasteiger partial charge in [0.25, 0.3) is 0 Å². The maximum absolute atomic E-state index is 12.6. The van der Waals surface area contributed by atoms with Gasteiger partial charge < -0.3 is 13.9 Å². The van der Waals surface area contributed by atoms with Gasteiger partial charge in [-0.15, -0.1) is 13.2 Å². The fraction of sp³-hybridized carbons (Fsp3) is 0.536. The Kier molecular flexibility index (Phi) is 11.3. The van der Waals surface area contributed by atoms with E-state index in [1.165, 1.54) is 4.90 Å². The number of carbonyl (C=O) groups is 1. The van der Waals surface area contributed by atoms with Gasteiger partial charge in [-0.25, -0.2) is 9.69 Å². The van der Waals surface area contributed by atoms with Gasteiger partial charge >= 0.3 is 6.09 Å². The quantitative estimate of drug-likeness (QED) is 0.159. The second-order valence-corrected chi connectivity index (χ2v) is 15.6. The van der Waals surface area contributed by atoms with Gasteiger partial charge in [0.05, 0.1) is 31.8 Å². The Morgan fingerprint density at radius 2 is 1.74 bits per heavy atom. The van der Waals surface area contributed by atoms with E-state index in [0.29, 0.717) is 13.2 Å². The normalized spacial score (nSPS) is 13.8. The molecule has 0 fully saturated rings. The number of ether oxygens (including phenoxy) is 2. The smallest absolute Gasteiger partial charge is 0.422 e. The van der Waals surface area contributed by atoms with Crippen molar-refractivity contribution in [1.29, 1.82) is 0 Å². The summed E-state index contributed by atoms with van der Waals surface area (Å²) in [4.78, 5) is 14.0. The van der Waals surface area contributed by atoms with Crippen molar-refractivity contribution in [2.75, 3.05) is 13.2 Å². The number of carbonyl (C=O) groups excluding carboxylic acids is 1. The molecule has 1 aromatic carbocycles. The number of nitrogens with zero attached hydrogens (tertiary/aromatic N) is 1. The summed E-state index contributed by atoms with van der Waals surface area (Å²) in [6, 6.07) is 13.0. The number of amides is 1. The average Bonchev–Trinajstić information content (AvgIpc) is 2.72. The zero-order chi connectivity index (χ0) is 26.0. The highest BCUT2D eigenvalue weighted by Gasteiger charge is 2.40. The van der Waals surface area contributed by atoms with Crippen LogP contribution in [-0.2, 0) is 20.5 Å². The fourth-order valence-corrected chi connectivity index (χ4v) is 3.98. The second kappa shape index (κ2) is 12.9. The molecule has 5 nitrogen and oxygen atoms in total. The maximum atomic E-state index is 12.6. The topological polar surface area (TPSA) is 48.0 Å². The summed E-state index contributed by atoms with van der Waals surface area (Å²) in [5.41, 5.74) is 0.461. The van der Waals surface area contributed by atoms with E-state index in [1.807, 2.05) is 51.1 Å². The lowest BCUT2D eigenvalue weighted by atomic mass is 10.0. The molecule has 34 heavy (non-hydrogen) atoms. The zero-order valence-corrected chi connectivity index (χ0v) is 23.3. The number of hydrogen-bond acceptors (Lipinski definition) is 4. The first-order valence-corrected chi connectivity index (χ1v) is 14.7. The summed E-state index contributed by atoms with van der Waals surface area (Å²) in [7, 11) is -2.10. The predicted molar refractivity (Wildman–Crippen MR) is 143 cm³/mol. The van der Waals surface area contributed by atoms with Crippen molar-refractivity contribution in [2.24, 2.45) is 5.92 Å². The van der Waals surface area contributed by atoms with Gasteiger partial charge in [-0.2, -0.15) is 0 Å². The first-order chi connectivity index (χ1) is 15.7. The third-order valence-corrected chi connectivity index (χ3v) is 10.1. The van der Waals surface area contributed by atoms with Crippen LogP contribution in [0.1, 0.15) is 47.1 Å². The summed E-state index contributed by atoms with van der Waals surface area (Å²) in [6.07, 6.45) is 2.56. The van der Waals surface area contributed by atoms with E-state index in [0.717, 1.165) is 5.56 Å². The second-order valence-electron chi connectivity index (χ2n) is 10.8. The van der Waals surface area contributed by atoms with E-state index in [1.54, 1.807) is 12.2 Å². The lowest BCUT2D eigenvalue weighted by molar-refractivity contribution is 0.0365. The summed E-state index contributed by atoms with van der Waals surface area (Å²) < 4.78 is 18.2. The van der Waals surface area contributed by atoms with Crippen LogP contribution in [0.4, 0.5) is 4.79 Å². The third-order valence-electron chi connectivity index (χ3n) is 5.59. The Morgan fingerprint density at radius 3 is 2.24 bits per heavy atom. The molecule has 0 aromatic heterocycles. The van der Waals surface area contributed by atoms with Crippen molar-refractivity contribution in [1.82, 2.24) is 4.90 Å². The van der Waals surface area contributed by atoms with Gasteiger partial charge in [0.1, 0.15) is 5.60 Å². The molecule has 0 aliphatic rings. The molecule has 0 N–H and O–H groups in total. The van der Waals surface area contributed by atoms with Crippen LogP contribution >= 0.6 is 0 Å². The van der Waals surface area contributed by atoms with E-state index in [2.05, 4.69) is 59.0 Å². The SMILES string of the molecule is C=CCN(C#C[C@H](COCc1ccccc1)[C@H](C=C)O[Si](C)(C)C(C)(C)C)C(=O)OC(C)(C)C. The molecule has 1 aromatic rings. The Balaban J connectivity index is 3.17. The lowest BCUT2D eigenvalue weighted by Gasteiger charge is -2.39. The molecular weight excluding hydrogens is 442 g/mol. The molecule has 0 radical (unpaired) electrons. The molecule has 0 aliphatic carbocycles. The molecule has 0 saturated carbocycles. The molecule has 2 atom stereocenters. The molecule has 0 spiro atoms. The van der Waals surface area contributed by atoms with Crippen molar-refractivity contribution >= 4 is 14.4 Å². The maximum Gasteiger partial charge on any atom is 0.422 e. The van der Waals surface area contributed by atoms with Crippen LogP contribution in [0.2, 0.25) is 18.1 Å². The van der Waals surface area contributed by atoms with Crippen molar-refractivity contribution in [3.8, 4) is 12.0 Å². The van der Waals surface area contributed by atoms with E-state index in [9.17, 15) is 4.79 Å². The molecule has 1 amide bonds. The standard InChI is InChI=1S/C28H43NO4Si/c1-11-19-29(26(30)32-27(3,4)5)20-18-24(22-31-21-23-16-14-13-15-17-23)25(12-2)33-34(9,10)28(6,7)8/h11-17,24-25H,1-2,19,21-22H2,3-10H3/t24-,25+/m1/s1. The molecule has 0 bridgehead atoms. The highest BCUT2D eigenvalue weighted by atomic mass is 28.4. The van der Waals surface area contributed by atoms with Gasteiger partial charge in [-0.05, 0) is 44.5 Å². The van der Waals surface area contributed by atoms with Crippen LogP contribution in [0, 0.1) is 17.9 Å². The van der Waals surface area contributed by atoms with Gasteiger partial charge in [-0.1, -0.05) is 69.2 Å². The van der Waals surface area contributed by atoms with Crippen molar-refractivity contribution < 1.29 is 18.7 Å². The molecule has 6 heteroatoms. The molecule has 188 valence electrons. The predicted octanol–water partition coefficient (Wildman–Crippen LogP) is 6.78. The summed E-state index contributed by atoms with van der Waals surface area (Å²) in [5.74, 6) is 2.90. The van der Waals surface area contributed by atoms with Crippen LogP contribution in [0.25, 0.3) is 0 Å². The van der Waals surface area contributed by atoms with Crippen molar-refractivity contribution in [2.45, 2.75) is 78.0 Å². The monoisotopic (exact) mass is 485 g/mol. The third kappa shape index (κ3) is 10.3. The molecule has 1 rings (SSSR count). The molecular formula is C28H43NO4Si. The van der Waals surface area contributed by atoms with Gasteiger partial charge in [-0.3, -0.25) is 0 Å². The molecule has 0 aliphatic heterocycles. The number of hydrogen-bond donors (Lipinski definition) is 0. The zero-order valence-electron chi connectivity index (χ0n) is 22.3. The lowest BCUT2D eigenvalue weighted by Crippen LogP contribution is -2.45. The Labute approximate surface area is 208 Å². The molecule has 0 heterocycles. The number of rotatable bonds is 10. The van der Waals surface area contributed by atoms with Crippen molar-refractivity contribution in [3.63, 3.8) is 0 Å². The molecule has 0 unspecified atom stereocenters. The minimum Gasteiger partial charge on any atom is -0.443 e. The Bertz CT molecular complexity index is 856. The van der Waals surface area contributed by atoms with Crippen LogP contribution < -0.4 is 0 Å². The van der Waals surface area contributed by atoms with Crippen LogP contribution in [0.3, 0.4) is 0 Å². The van der Waals surface area contributed by atoms with E-state index < -0.39 is 20.0 Å². The van der Waals surface area contributed by atoms with E-state index >= 15 is 0 Å². The average molecular weight is 486 g/mol. The summed E-state index contributed by atoms with van der Waals surface area (Å²) in [5, 5.41) is 0.0303. The van der Waals surface area contributed by atoms with E-state index in [-0.39, 0.29) is 23.6 Å². The Hall–Kier alpha value is -2.33. The minimum absolute atomic E-state index is 0.0303. The van der Waals surface area contributed by atoms with Crippen LogP contribution in [0.15, 0.2) is 55.6 Å². The minimum atomic E-state index is -2.10. The number of benzene rings is 1. The van der Waals surface area contributed by atoms with Crippen LogP contribution in [0.5, 0.6) is 0 Å². The fourth-order valence-electron chi connectivity index (χ4n) is 2.68. The van der Waals surface area contributed by atoms with Gasteiger partial charge in [0, 0.05) is 6.04 Å². The van der Waals surface area contributed by atoms with Crippen LogP contribution in [-0.4, -0.2) is 44.2 Å². The highest BCUT2D eigenvalue weighted by molar-refractivity contribution is 6.74. The highest BCUT2D eigenvalue weighted by Crippen LogP contribution is 2.38. The van der Waals surface area contributed by atoms with E-state index in [4.69, 9.17) is 13.9 Å². The summed E-state index contributed by atoms with van der Waals surface area (Å²) >= 11 is 0. The van der Waals surface area contributed by atoms with Gasteiger partial charge in [0.15, 0.2) is 8.32 Å². The molecule has 0 saturated heterocycles. The van der Waals surface area contributed by atoms with Gasteiger partial charge in [0.2, 0.25) is 0 Å². The van der Waals surface area contributed by atoms with Crippen molar-refractivity contribution in [3.05, 3.63) is 61.2 Å². The first-order valence-electron chi connectivity index (χ1n) is 11.7. The first kappa shape index (κ1) is 29.7. The summed E-state index contributed by atoms with van der Waals surface area (Å²) in [6.45, 7) is 25.3. The Morgan fingerprint density at radius 1 is 1.12 bits per heavy atom.